The highest BCUT2D eigenvalue weighted by molar-refractivity contribution is 5.74. The summed E-state index contributed by atoms with van der Waals surface area (Å²) in [5, 5.41) is 0. The van der Waals surface area contributed by atoms with E-state index in [0.717, 1.165) is 11.0 Å². The zero-order chi connectivity index (χ0) is 9.10. The molecular formula is C10H10N2O. The molecule has 0 aliphatic carbocycles. The number of benzene rings is 1. The maximum absolute atomic E-state index is 5.34. The van der Waals surface area contributed by atoms with E-state index in [2.05, 4.69) is 11.6 Å². The van der Waals surface area contributed by atoms with E-state index in [1.54, 1.807) is 17.1 Å². The van der Waals surface area contributed by atoms with Crippen LogP contribution in [-0.2, 0) is 0 Å². The fourth-order valence-electron chi connectivity index (χ4n) is 1.17. The van der Waals surface area contributed by atoms with Crippen LogP contribution in [0.1, 0.15) is 0 Å². The van der Waals surface area contributed by atoms with Gasteiger partial charge in [0.15, 0.2) is 0 Å². The summed E-state index contributed by atoms with van der Waals surface area (Å²) < 4.78 is 1.65. The highest BCUT2D eigenvalue weighted by Crippen LogP contribution is 2.09. The lowest BCUT2D eigenvalue weighted by Gasteiger charge is -2.02. The Bertz CT molecular complexity index is 420. The summed E-state index contributed by atoms with van der Waals surface area (Å²) in [6, 6.07) is 7.82. The Morgan fingerprint density at radius 2 is 2.31 bits per heavy atom. The number of fused-ring (bicyclic) bond motifs is 1. The molecule has 3 nitrogen and oxygen atoms in total. The molecule has 2 aromatic rings. The van der Waals surface area contributed by atoms with E-state index in [0.29, 0.717) is 6.61 Å². The molecule has 3 heteroatoms. The number of hydrogen-bond acceptors (Lipinski definition) is 2. The Balaban J connectivity index is 2.40. The first-order valence-corrected chi connectivity index (χ1v) is 4.08. The van der Waals surface area contributed by atoms with Crippen molar-refractivity contribution in [2.24, 2.45) is 0 Å². The molecule has 66 valence electrons. The zero-order valence-corrected chi connectivity index (χ0v) is 7.18. The molecule has 0 saturated carbocycles. The Kier molecular flexibility index (Phi) is 2.00. The topological polar surface area (TPSA) is 27.1 Å². The minimum absolute atomic E-state index is 0.486. The molecule has 0 N–H and O–H groups in total. The zero-order valence-electron chi connectivity index (χ0n) is 7.18. The maximum atomic E-state index is 5.34. The van der Waals surface area contributed by atoms with Gasteiger partial charge in [-0.3, -0.25) is 0 Å². The van der Waals surface area contributed by atoms with Crippen molar-refractivity contribution in [2.45, 2.75) is 0 Å². The molecule has 0 unspecified atom stereocenters. The van der Waals surface area contributed by atoms with Gasteiger partial charge in [0, 0.05) is 0 Å². The second-order valence-electron chi connectivity index (χ2n) is 2.64. The van der Waals surface area contributed by atoms with Crippen molar-refractivity contribution in [3.8, 4) is 0 Å². The number of hydrogen-bond donors (Lipinski definition) is 0. The second kappa shape index (κ2) is 3.31. The molecule has 1 aromatic carbocycles. The largest absolute Gasteiger partial charge is 0.408 e. The number of imidazole rings is 1. The third-order valence-electron chi connectivity index (χ3n) is 1.75. The fourth-order valence-corrected chi connectivity index (χ4v) is 1.17. The third kappa shape index (κ3) is 1.40. The monoisotopic (exact) mass is 174 g/mol. The third-order valence-corrected chi connectivity index (χ3v) is 1.75. The molecule has 0 bridgehead atoms. The Labute approximate surface area is 76.2 Å². The summed E-state index contributed by atoms with van der Waals surface area (Å²) in [7, 11) is 0. The van der Waals surface area contributed by atoms with Gasteiger partial charge in [-0.2, -0.15) is 4.73 Å². The van der Waals surface area contributed by atoms with Crippen LogP contribution in [0.2, 0.25) is 0 Å². The van der Waals surface area contributed by atoms with Gasteiger partial charge in [0.1, 0.15) is 18.5 Å². The maximum Gasteiger partial charge on any atom is 0.133 e. The lowest BCUT2D eigenvalue weighted by molar-refractivity contribution is 0.144. The van der Waals surface area contributed by atoms with Crippen molar-refractivity contribution < 1.29 is 4.84 Å². The Hall–Kier alpha value is -1.77. The summed E-state index contributed by atoms with van der Waals surface area (Å²) in [6.07, 6.45) is 3.36. The van der Waals surface area contributed by atoms with E-state index in [-0.39, 0.29) is 0 Å². The van der Waals surface area contributed by atoms with Gasteiger partial charge in [-0.25, -0.2) is 4.98 Å². The van der Waals surface area contributed by atoms with Crippen LogP contribution in [0.25, 0.3) is 11.0 Å². The average Bonchev–Trinajstić information content (AvgIpc) is 2.58. The van der Waals surface area contributed by atoms with Crippen LogP contribution >= 0.6 is 0 Å². The van der Waals surface area contributed by atoms with Gasteiger partial charge in [-0.1, -0.05) is 24.8 Å². The standard InChI is InChI=1S/C10H10N2O/c1-2-7-13-12-8-11-9-5-3-4-6-10(9)12/h2-6,8H,1,7H2. The quantitative estimate of drug-likeness (QED) is 0.661. The van der Waals surface area contributed by atoms with Crippen LogP contribution in [0, 0.1) is 0 Å². The van der Waals surface area contributed by atoms with Gasteiger partial charge in [0.25, 0.3) is 0 Å². The molecule has 0 fully saturated rings. The molecule has 1 aromatic heterocycles. The number of nitrogens with zero attached hydrogens (tertiary/aromatic N) is 2. The molecule has 0 aliphatic heterocycles. The Morgan fingerprint density at radius 3 is 3.15 bits per heavy atom. The molecule has 2 rings (SSSR count). The van der Waals surface area contributed by atoms with E-state index in [1.807, 2.05) is 24.3 Å². The van der Waals surface area contributed by atoms with Gasteiger partial charge in [-0.05, 0) is 12.1 Å². The van der Waals surface area contributed by atoms with Gasteiger partial charge >= 0.3 is 0 Å². The van der Waals surface area contributed by atoms with Gasteiger partial charge in [0.05, 0.1) is 5.52 Å². The molecule has 0 aliphatic rings. The van der Waals surface area contributed by atoms with Crippen molar-refractivity contribution in [1.29, 1.82) is 0 Å². The lowest BCUT2D eigenvalue weighted by atomic mass is 10.3. The van der Waals surface area contributed by atoms with Crippen molar-refractivity contribution in [2.75, 3.05) is 6.61 Å². The van der Waals surface area contributed by atoms with Crippen molar-refractivity contribution in [3.63, 3.8) is 0 Å². The van der Waals surface area contributed by atoms with Crippen LogP contribution in [-0.4, -0.2) is 16.3 Å². The summed E-state index contributed by atoms with van der Waals surface area (Å²) >= 11 is 0. The fraction of sp³-hybridized carbons (Fsp3) is 0.100. The summed E-state index contributed by atoms with van der Waals surface area (Å²) in [4.78, 5) is 9.52. The van der Waals surface area contributed by atoms with Gasteiger partial charge < -0.3 is 4.84 Å². The molecule has 0 amide bonds. The predicted molar refractivity (Wildman–Crippen MR) is 51.4 cm³/mol. The molecular weight excluding hydrogens is 164 g/mol. The normalized spacial score (nSPS) is 10.2. The van der Waals surface area contributed by atoms with Crippen LogP contribution in [0.3, 0.4) is 0 Å². The molecule has 13 heavy (non-hydrogen) atoms. The van der Waals surface area contributed by atoms with Crippen molar-refractivity contribution in [1.82, 2.24) is 9.71 Å². The molecule has 1 heterocycles. The molecule has 0 radical (unpaired) electrons. The average molecular weight is 174 g/mol. The van der Waals surface area contributed by atoms with E-state index in [1.165, 1.54) is 0 Å². The van der Waals surface area contributed by atoms with Crippen molar-refractivity contribution in [3.05, 3.63) is 43.2 Å². The van der Waals surface area contributed by atoms with E-state index < -0.39 is 0 Å². The second-order valence-corrected chi connectivity index (χ2v) is 2.64. The van der Waals surface area contributed by atoms with Crippen LogP contribution in [0.4, 0.5) is 0 Å². The van der Waals surface area contributed by atoms with Crippen molar-refractivity contribution >= 4 is 11.0 Å². The van der Waals surface area contributed by atoms with Crippen LogP contribution < -0.4 is 4.84 Å². The van der Waals surface area contributed by atoms with Gasteiger partial charge in [0.2, 0.25) is 0 Å². The lowest BCUT2D eigenvalue weighted by Crippen LogP contribution is -2.09. The summed E-state index contributed by atoms with van der Waals surface area (Å²) in [5.74, 6) is 0. The molecule has 0 spiro atoms. The number of rotatable bonds is 3. The molecule has 0 saturated heterocycles. The molecule has 0 atom stereocenters. The Morgan fingerprint density at radius 1 is 1.46 bits per heavy atom. The first kappa shape index (κ1) is 7.86. The first-order chi connectivity index (χ1) is 6.42. The first-order valence-electron chi connectivity index (χ1n) is 4.08. The highest BCUT2D eigenvalue weighted by Gasteiger charge is 1.99. The SMILES string of the molecule is C=CCOn1cnc2ccccc21. The smallest absolute Gasteiger partial charge is 0.133 e. The number of para-hydroxylation sites is 2. The minimum atomic E-state index is 0.486. The summed E-state index contributed by atoms with van der Waals surface area (Å²) in [5.41, 5.74) is 1.91. The minimum Gasteiger partial charge on any atom is -0.408 e. The van der Waals surface area contributed by atoms with E-state index >= 15 is 0 Å². The predicted octanol–water partition coefficient (Wildman–Crippen LogP) is 1.65. The van der Waals surface area contributed by atoms with E-state index in [4.69, 9.17) is 4.84 Å². The van der Waals surface area contributed by atoms with Gasteiger partial charge in [-0.15, -0.1) is 0 Å². The van der Waals surface area contributed by atoms with Crippen LogP contribution in [0.15, 0.2) is 43.2 Å². The highest BCUT2D eigenvalue weighted by atomic mass is 16.7. The van der Waals surface area contributed by atoms with Crippen LogP contribution in [0.5, 0.6) is 0 Å². The number of aromatic nitrogens is 2. The van der Waals surface area contributed by atoms with E-state index in [9.17, 15) is 0 Å². The summed E-state index contributed by atoms with van der Waals surface area (Å²) in [6.45, 7) is 4.07.